The monoisotopic (exact) mass is 389 g/mol. The number of carboxylic acid groups (broad SMARTS) is 1. The van der Waals surface area contributed by atoms with E-state index in [0.29, 0.717) is 5.56 Å². The normalized spacial score (nSPS) is 26.8. The van der Waals surface area contributed by atoms with Crippen molar-refractivity contribution >= 4 is 23.4 Å². The maximum atomic E-state index is 15.2. The zero-order chi connectivity index (χ0) is 19.1. The van der Waals surface area contributed by atoms with E-state index in [1.165, 1.54) is 0 Å². The Labute approximate surface area is 162 Å². The highest BCUT2D eigenvalue weighted by Gasteiger charge is 2.47. The van der Waals surface area contributed by atoms with Gasteiger partial charge in [-0.2, -0.15) is 4.98 Å². The van der Waals surface area contributed by atoms with Crippen LogP contribution in [0.15, 0.2) is 24.3 Å². The van der Waals surface area contributed by atoms with Crippen LogP contribution in [0, 0.1) is 30.5 Å². The summed E-state index contributed by atoms with van der Waals surface area (Å²) in [6.45, 7) is 1.95. The second-order valence-corrected chi connectivity index (χ2v) is 7.92. The van der Waals surface area contributed by atoms with E-state index in [-0.39, 0.29) is 34.7 Å². The molecule has 2 bridgehead atoms. The van der Waals surface area contributed by atoms with Crippen molar-refractivity contribution in [1.82, 2.24) is 9.97 Å². The molecule has 2 unspecified atom stereocenters. The van der Waals surface area contributed by atoms with Crippen molar-refractivity contribution < 1.29 is 14.3 Å². The number of aryl methyl sites for hydroxylation is 1. The number of rotatable bonds is 4. The van der Waals surface area contributed by atoms with Gasteiger partial charge in [-0.15, -0.1) is 0 Å². The van der Waals surface area contributed by atoms with Crippen molar-refractivity contribution in [2.45, 2.75) is 38.6 Å². The Morgan fingerprint density at radius 2 is 1.78 bits per heavy atom. The van der Waals surface area contributed by atoms with Gasteiger partial charge in [0.1, 0.15) is 5.69 Å². The Hall–Kier alpha value is -2.21. The van der Waals surface area contributed by atoms with Gasteiger partial charge >= 0.3 is 5.97 Å². The van der Waals surface area contributed by atoms with Crippen molar-refractivity contribution in [2.24, 2.45) is 17.8 Å². The van der Waals surface area contributed by atoms with Crippen LogP contribution in [0.4, 0.5) is 10.2 Å². The Kier molecular flexibility index (Phi) is 4.76. The molecule has 5 nitrogen and oxygen atoms in total. The summed E-state index contributed by atoms with van der Waals surface area (Å²) in [7, 11) is 0. The lowest BCUT2D eigenvalue weighted by Gasteiger charge is -2.47. The Balaban J connectivity index is 1.70. The van der Waals surface area contributed by atoms with Crippen molar-refractivity contribution in [2.75, 3.05) is 5.32 Å². The molecule has 1 aromatic carbocycles. The second-order valence-electron chi connectivity index (χ2n) is 7.58. The van der Waals surface area contributed by atoms with Gasteiger partial charge in [0.15, 0.2) is 11.6 Å². The molecule has 7 heteroatoms. The van der Waals surface area contributed by atoms with E-state index in [9.17, 15) is 9.90 Å². The largest absolute Gasteiger partial charge is 0.481 e. The van der Waals surface area contributed by atoms with Gasteiger partial charge in [0.2, 0.25) is 5.28 Å². The van der Waals surface area contributed by atoms with Crippen LogP contribution in [-0.4, -0.2) is 27.1 Å². The summed E-state index contributed by atoms with van der Waals surface area (Å²) in [5.41, 5.74) is 1.77. The fourth-order valence-corrected chi connectivity index (χ4v) is 4.76. The molecule has 0 aliphatic heterocycles. The van der Waals surface area contributed by atoms with E-state index >= 15 is 4.39 Å². The van der Waals surface area contributed by atoms with Crippen LogP contribution < -0.4 is 5.32 Å². The molecule has 3 saturated carbocycles. The highest BCUT2D eigenvalue weighted by atomic mass is 35.5. The number of nitrogens with zero attached hydrogens (tertiary/aromatic N) is 2. The number of fused-ring (bicyclic) bond motifs is 3. The third-order valence-electron chi connectivity index (χ3n) is 5.96. The van der Waals surface area contributed by atoms with Crippen LogP contribution in [0.3, 0.4) is 0 Å². The minimum absolute atomic E-state index is 0.0191. The average molecular weight is 390 g/mol. The van der Waals surface area contributed by atoms with E-state index in [4.69, 9.17) is 11.6 Å². The standard InChI is InChI=1S/C20H21ClFN3O2/c1-10-2-4-13(5-3-10)17-15(22)18(25-20(21)24-17)23-16-12-8-6-11(7-9-12)14(16)19(26)27/h2-5,11-12,14,16H,6-9H2,1H3,(H,26,27)(H,23,24,25). The first kappa shape index (κ1) is 18.2. The number of carboxylic acids is 1. The number of hydrogen-bond acceptors (Lipinski definition) is 4. The van der Waals surface area contributed by atoms with Gasteiger partial charge in [0.25, 0.3) is 0 Å². The summed E-state index contributed by atoms with van der Waals surface area (Å²) in [6, 6.07) is 6.96. The molecule has 0 radical (unpaired) electrons. The smallest absolute Gasteiger partial charge is 0.308 e. The first-order valence-electron chi connectivity index (χ1n) is 9.23. The number of carbonyl (C=O) groups is 1. The van der Waals surface area contributed by atoms with Crippen molar-refractivity contribution in [1.29, 1.82) is 0 Å². The molecule has 2 N–H and O–H groups in total. The Morgan fingerprint density at radius 1 is 1.15 bits per heavy atom. The van der Waals surface area contributed by atoms with E-state index in [1.54, 1.807) is 12.1 Å². The minimum atomic E-state index is -0.832. The number of benzene rings is 1. The lowest BCUT2D eigenvalue weighted by molar-refractivity contribution is -0.148. The van der Waals surface area contributed by atoms with Gasteiger partial charge < -0.3 is 10.4 Å². The predicted octanol–water partition coefficient (Wildman–Crippen LogP) is 4.55. The van der Waals surface area contributed by atoms with Gasteiger partial charge in [0.05, 0.1) is 5.92 Å². The molecular weight excluding hydrogens is 369 g/mol. The number of nitrogens with one attached hydrogen (secondary N) is 1. The second kappa shape index (κ2) is 7.08. The molecule has 3 aliphatic carbocycles. The number of aromatic nitrogens is 2. The molecule has 2 aromatic rings. The average Bonchev–Trinajstić information content (AvgIpc) is 2.65. The number of halogens is 2. The highest BCUT2D eigenvalue weighted by Crippen LogP contribution is 2.46. The fourth-order valence-electron chi connectivity index (χ4n) is 4.59. The molecule has 0 amide bonds. The number of hydrogen-bond donors (Lipinski definition) is 2. The number of anilines is 1. The molecule has 27 heavy (non-hydrogen) atoms. The van der Waals surface area contributed by atoms with Gasteiger partial charge in [-0.25, -0.2) is 9.37 Å². The van der Waals surface area contributed by atoms with E-state index < -0.39 is 17.7 Å². The zero-order valence-electron chi connectivity index (χ0n) is 15.0. The zero-order valence-corrected chi connectivity index (χ0v) is 15.7. The van der Waals surface area contributed by atoms with Gasteiger partial charge in [0, 0.05) is 11.6 Å². The summed E-state index contributed by atoms with van der Waals surface area (Å²) in [6.07, 6.45) is 3.75. The molecule has 142 valence electrons. The summed E-state index contributed by atoms with van der Waals surface area (Å²) < 4.78 is 15.2. The first-order chi connectivity index (χ1) is 12.9. The van der Waals surface area contributed by atoms with Crippen LogP contribution in [0.2, 0.25) is 5.28 Å². The summed E-state index contributed by atoms with van der Waals surface area (Å²) in [5.74, 6) is -1.66. The molecule has 1 heterocycles. The molecule has 3 aliphatic rings. The highest BCUT2D eigenvalue weighted by molar-refractivity contribution is 6.28. The topological polar surface area (TPSA) is 75.1 Å². The lowest BCUT2D eigenvalue weighted by Crippen LogP contribution is -2.51. The van der Waals surface area contributed by atoms with Crippen LogP contribution in [0.1, 0.15) is 31.2 Å². The summed E-state index contributed by atoms with van der Waals surface area (Å²) in [4.78, 5) is 19.9. The molecule has 2 atom stereocenters. The van der Waals surface area contributed by atoms with Crippen molar-refractivity contribution in [3.05, 3.63) is 40.9 Å². The maximum absolute atomic E-state index is 15.2. The molecule has 0 saturated heterocycles. The van der Waals surface area contributed by atoms with Crippen molar-refractivity contribution in [3.63, 3.8) is 0 Å². The van der Waals surface area contributed by atoms with Crippen LogP contribution in [0.25, 0.3) is 11.3 Å². The van der Waals surface area contributed by atoms with Crippen molar-refractivity contribution in [3.8, 4) is 11.3 Å². The number of aliphatic carboxylic acids is 1. The van der Waals surface area contributed by atoms with Crippen LogP contribution in [0.5, 0.6) is 0 Å². The lowest BCUT2D eigenvalue weighted by atomic mass is 9.61. The van der Waals surface area contributed by atoms with Gasteiger partial charge in [-0.05, 0) is 56.0 Å². The third-order valence-corrected chi connectivity index (χ3v) is 6.13. The SMILES string of the molecule is Cc1ccc(-c2nc(Cl)nc(NC3C4CCC(CC4)C3C(=O)O)c2F)cc1. The minimum Gasteiger partial charge on any atom is -0.481 e. The first-order valence-corrected chi connectivity index (χ1v) is 9.61. The summed E-state index contributed by atoms with van der Waals surface area (Å²) >= 11 is 6.05. The van der Waals surface area contributed by atoms with Crippen LogP contribution >= 0.6 is 11.6 Å². The Morgan fingerprint density at radius 3 is 2.41 bits per heavy atom. The molecule has 1 aromatic heterocycles. The molecular formula is C20H21ClFN3O2. The third kappa shape index (κ3) is 3.38. The van der Waals surface area contributed by atoms with Gasteiger partial charge in [-0.1, -0.05) is 29.8 Å². The van der Waals surface area contributed by atoms with Crippen LogP contribution in [-0.2, 0) is 4.79 Å². The summed E-state index contributed by atoms with van der Waals surface area (Å²) in [5, 5.41) is 12.7. The fraction of sp³-hybridized carbons (Fsp3) is 0.450. The molecule has 0 spiro atoms. The van der Waals surface area contributed by atoms with E-state index in [0.717, 1.165) is 31.2 Å². The Bertz CT molecular complexity index is 866. The predicted molar refractivity (Wildman–Crippen MR) is 101 cm³/mol. The van der Waals surface area contributed by atoms with Gasteiger partial charge in [-0.3, -0.25) is 4.79 Å². The van der Waals surface area contributed by atoms with E-state index in [2.05, 4.69) is 15.3 Å². The van der Waals surface area contributed by atoms with E-state index in [1.807, 2.05) is 19.1 Å². The molecule has 5 rings (SSSR count). The maximum Gasteiger partial charge on any atom is 0.308 e. The quantitative estimate of drug-likeness (QED) is 0.750. The molecule has 3 fully saturated rings.